The normalized spacial score (nSPS) is 20.9. The van der Waals surface area contributed by atoms with Crippen LogP contribution >= 0.6 is 0 Å². The van der Waals surface area contributed by atoms with Gasteiger partial charge < -0.3 is 9.64 Å². The third kappa shape index (κ3) is 3.15. The Labute approximate surface area is 109 Å². The van der Waals surface area contributed by atoms with Gasteiger partial charge in [-0.25, -0.2) is 9.97 Å². The topological polar surface area (TPSA) is 38.2 Å². The fourth-order valence-corrected chi connectivity index (χ4v) is 2.05. The molecule has 1 aromatic heterocycles. The van der Waals surface area contributed by atoms with Gasteiger partial charge in [0.15, 0.2) is 6.10 Å². The molecule has 1 fully saturated rings. The van der Waals surface area contributed by atoms with Gasteiger partial charge >= 0.3 is 6.18 Å². The molecule has 1 saturated heterocycles. The third-order valence-corrected chi connectivity index (χ3v) is 3.07. The molecular formula is C12H16F3N3O. The van der Waals surface area contributed by atoms with Gasteiger partial charge in [-0.1, -0.05) is 13.8 Å². The summed E-state index contributed by atoms with van der Waals surface area (Å²) >= 11 is 0. The van der Waals surface area contributed by atoms with Gasteiger partial charge in [-0.2, -0.15) is 13.2 Å². The van der Waals surface area contributed by atoms with Crippen molar-refractivity contribution in [3.05, 3.63) is 18.1 Å². The number of hydrogen-bond donors (Lipinski definition) is 0. The number of rotatable bonds is 2. The van der Waals surface area contributed by atoms with Crippen LogP contribution in [-0.4, -0.2) is 41.9 Å². The Morgan fingerprint density at radius 1 is 1.42 bits per heavy atom. The maximum absolute atomic E-state index is 12.7. The molecule has 0 saturated carbocycles. The summed E-state index contributed by atoms with van der Waals surface area (Å²) in [5, 5.41) is 0. The molecule has 1 aliphatic rings. The van der Waals surface area contributed by atoms with Crippen LogP contribution in [0.3, 0.4) is 0 Å². The predicted molar refractivity (Wildman–Crippen MR) is 64.1 cm³/mol. The van der Waals surface area contributed by atoms with Gasteiger partial charge in [0.05, 0.1) is 13.2 Å². The molecule has 1 atom stereocenters. The number of nitrogens with zero attached hydrogens (tertiary/aromatic N) is 3. The van der Waals surface area contributed by atoms with Crippen LogP contribution in [0.25, 0.3) is 0 Å². The Morgan fingerprint density at radius 2 is 2.16 bits per heavy atom. The highest BCUT2D eigenvalue weighted by molar-refractivity contribution is 5.47. The molecule has 0 radical (unpaired) electrons. The monoisotopic (exact) mass is 275 g/mol. The number of alkyl halides is 3. The first-order chi connectivity index (χ1) is 8.89. The zero-order valence-corrected chi connectivity index (χ0v) is 10.8. The van der Waals surface area contributed by atoms with Gasteiger partial charge in [0.25, 0.3) is 0 Å². The molecule has 0 aromatic carbocycles. The summed E-state index contributed by atoms with van der Waals surface area (Å²) in [5.41, 5.74) is 0.852. The van der Waals surface area contributed by atoms with E-state index in [1.807, 2.05) is 13.8 Å². The van der Waals surface area contributed by atoms with E-state index in [9.17, 15) is 13.2 Å². The second-order valence-electron chi connectivity index (χ2n) is 4.80. The van der Waals surface area contributed by atoms with Gasteiger partial charge in [-0.15, -0.1) is 0 Å². The molecule has 106 valence electrons. The summed E-state index contributed by atoms with van der Waals surface area (Å²) in [4.78, 5) is 9.69. The van der Waals surface area contributed by atoms with Crippen molar-refractivity contribution in [3.8, 4) is 0 Å². The van der Waals surface area contributed by atoms with Crippen LogP contribution in [0.1, 0.15) is 25.3 Å². The molecule has 2 rings (SSSR count). The van der Waals surface area contributed by atoms with E-state index >= 15 is 0 Å². The largest absolute Gasteiger partial charge is 0.416 e. The number of morpholine rings is 1. The molecule has 0 aliphatic carbocycles. The highest BCUT2D eigenvalue weighted by Crippen LogP contribution is 2.30. The Morgan fingerprint density at radius 3 is 2.79 bits per heavy atom. The summed E-state index contributed by atoms with van der Waals surface area (Å²) in [7, 11) is 0. The molecule has 19 heavy (non-hydrogen) atoms. The predicted octanol–water partition coefficient (Wildman–Crippen LogP) is 2.37. The summed E-state index contributed by atoms with van der Waals surface area (Å²) in [5.74, 6) is 0.728. The van der Waals surface area contributed by atoms with Gasteiger partial charge in [-0.05, 0) is 5.92 Å². The van der Waals surface area contributed by atoms with E-state index in [1.165, 1.54) is 6.33 Å². The van der Waals surface area contributed by atoms with Crippen LogP contribution < -0.4 is 4.90 Å². The van der Waals surface area contributed by atoms with Crippen LogP contribution in [0.4, 0.5) is 19.0 Å². The number of anilines is 1. The molecule has 4 nitrogen and oxygen atoms in total. The minimum atomic E-state index is -4.34. The lowest BCUT2D eigenvalue weighted by atomic mass is 10.1. The minimum absolute atomic E-state index is 0.0473. The number of halogens is 3. The third-order valence-electron chi connectivity index (χ3n) is 3.07. The van der Waals surface area contributed by atoms with Crippen molar-refractivity contribution in [2.75, 3.05) is 24.6 Å². The van der Waals surface area contributed by atoms with E-state index in [1.54, 1.807) is 11.1 Å². The van der Waals surface area contributed by atoms with Gasteiger partial charge in [0.2, 0.25) is 0 Å². The summed E-state index contributed by atoms with van der Waals surface area (Å²) in [6.07, 6.45) is -3.08. The van der Waals surface area contributed by atoms with E-state index in [0.717, 1.165) is 5.56 Å². The average Bonchev–Trinajstić information content (AvgIpc) is 2.38. The Bertz CT molecular complexity index is 436. The van der Waals surface area contributed by atoms with Crippen molar-refractivity contribution in [1.29, 1.82) is 0 Å². The molecule has 0 amide bonds. The standard InChI is InChI=1S/C12H16F3N3O/c1-8(2)9-5-16-7-17-11(9)18-3-4-19-10(6-18)12(13,14)15/h5,7-8,10H,3-4,6H2,1-2H3. The van der Waals surface area contributed by atoms with Gasteiger partial charge in [0.1, 0.15) is 12.1 Å². The van der Waals surface area contributed by atoms with E-state index in [0.29, 0.717) is 12.4 Å². The number of hydrogen-bond acceptors (Lipinski definition) is 4. The molecule has 1 unspecified atom stereocenters. The van der Waals surface area contributed by atoms with Crippen molar-refractivity contribution in [1.82, 2.24) is 9.97 Å². The molecule has 7 heteroatoms. The fourth-order valence-electron chi connectivity index (χ4n) is 2.05. The van der Waals surface area contributed by atoms with Crippen molar-refractivity contribution in [2.45, 2.75) is 32.0 Å². The van der Waals surface area contributed by atoms with E-state index in [-0.39, 0.29) is 19.1 Å². The van der Waals surface area contributed by atoms with Crippen LogP contribution in [0, 0.1) is 0 Å². The lowest BCUT2D eigenvalue weighted by molar-refractivity contribution is -0.221. The summed E-state index contributed by atoms with van der Waals surface area (Å²) in [6.45, 7) is 4.16. The highest BCUT2D eigenvalue weighted by atomic mass is 19.4. The second kappa shape index (κ2) is 5.32. The minimum Gasteiger partial charge on any atom is -0.365 e. The van der Waals surface area contributed by atoms with Crippen LogP contribution in [0.2, 0.25) is 0 Å². The number of aromatic nitrogens is 2. The summed E-state index contributed by atoms with van der Waals surface area (Å²) in [6, 6.07) is 0. The van der Waals surface area contributed by atoms with E-state index < -0.39 is 12.3 Å². The number of ether oxygens (including phenoxy) is 1. The Kier molecular flexibility index (Phi) is 3.93. The SMILES string of the molecule is CC(C)c1cncnc1N1CCOC(C(F)(F)F)C1. The Balaban J connectivity index is 2.22. The van der Waals surface area contributed by atoms with Crippen LogP contribution in [0.15, 0.2) is 12.5 Å². The van der Waals surface area contributed by atoms with Crippen LogP contribution in [-0.2, 0) is 4.74 Å². The lowest BCUT2D eigenvalue weighted by Crippen LogP contribution is -2.49. The zero-order valence-electron chi connectivity index (χ0n) is 10.8. The van der Waals surface area contributed by atoms with Crippen molar-refractivity contribution < 1.29 is 17.9 Å². The smallest absolute Gasteiger partial charge is 0.365 e. The fraction of sp³-hybridized carbons (Fsp3) is 0.667. The van der Waals surface area contributed by atoms with Crippen LogP contribution in [0.5, 0.6) is 0 Å². The zero-order chi connectivity index (χ0) is 14.0. The van der Waals surface area contributed by atoms with Gasteiger partial charge in [-0.3, -0.25) is 0 Å². The highest BCUT2D eigenvalue weighted by Gasteiger charge is 2.43. The molecule has 1 aliphatic heterocycles. The maximum Gasteiger partial charge on any atom is 0.416 e. The summed E-state index contributed by atoms with van der Waals surface area (Å²) < 4.78 is 42.9. The Hall–Kier alpha value is -1.37. The molecule has 0 N–H and O–H groups in total. The maximum atomic E-state index is 12.7. The molecule has 1 aromatic rings. The molecule has 2 heterocycles. The van der Waals surface area contributed by atoms with E-state index in [4.69, 9.17) is 4.74 Å². The first-order valence-electron chi connectivity index (χ1n) is 6.12. The molecule has 0 spiro atoms. The quantitative estimate of drug-likeness (QED) is 0.830. The lowest BCUT2D eigenvalue weighted by Gasteiger charge is -2.35. The van der Waals surface area contributed by atoms with E-state index in [2.05, 4.69) is 9.97 Å². The van der Waals surface area contributed by atoms with Gasteiger partial charge in [0, 0.05) is 18.3 Å². The first kappa shape index (κ1) is 14.0. The molecule has 0 bridgehead atoms. The molecular weight excluding hydrogens is 259 g/mol. The average molecular weight is 275 g/mol. The van der Waals surface area contributed by atoms with Crippen molar-refractivity contribution in [2.24, 2.45) is 0 Å². The second-order valence-corrected chi connectivity index (χ2v) is 4.80. The van der Waals surface area contributed by atoms with Crippen molar-refractivity contribution >= 4 is 5.82 Å². The first-order valence-corrected chi connectivity index (χ1v) is 6.12. The van der Waals surface area contributed by atoms with Crippen molar-refractivity contribution in [3.63, 3.8) is 0 Å².